The standard InChI is InChI=1S/C18H29B2ClO4/c1-15(2,22)16(3,4)23-19-12-9-13(11-14(21)10-12)20-24-17(5,6)18(7,8)25-20/h9-11,19,22H,1-8H3. The first kappa shape index (κ1) is 20.8. The maximum Gasteiger partial charge on any atom is 0.494 e. The van der Waals surface area contributed by atoms with Crippen LogP contribution in [-0.2, 0) is 14.0 Å². The minimum absolute atomic E-state index is 0.337. The van der Waals surface area contributed by atoms with Crippen molar-refractivity contribution in [2.24, 2.45) is 0 Å². The summed E-state index contributed by atoms with van der Waals surface area (Å²) in [4.78, 5) is 0. The van der Waals surface area contributed by atoms with Gasteiger partial charge in [-0.3, -0.25) is 0 Å². The van der Waals surface area contributed by atoms with Crippen molar-refractivity contribution in [3.05, 3.63) is 23.2 Å². The molecule has 0 aliphatic carbocycles. The van der Waals surface area contributed by atoms with E-state index in [2.05, 4.69) is 0 Å². The van der Waals surface area contributed by atoms with Crippen LogP contribution in [-0.4, -0.2) is 42.1 Å². The van der Waals surface area contributed by atoms with Gasteiger partial charge in [0.1, 0.15) is 0 Å². The molecule has 0 unspecified atom stereocenters. The number of hydrogen-bond donors (Lipinski definition) is 1. The highest BCUT2D eigenvalue weighted by Gasteiger charge is 2.51. The van der Waals surface area contributed by atoms with Crippen molar-refractivity contribution < 1.29 is 19.1 Å². The van der Waals surface area contributed by atoms with E-state index in [4.69, 9.17) is 25.6 Å². The lowest BCUT2D eigenvalue weighted by atomic mass is 9.74. The van der Waals surface area contributed by atoms with Gasteiger partial charge in [-0.2, -0.15) is 0 Å². The van der Waals surface area contributed by atoms with Crippen LogP contribution in [0.3, 0.4) is 0 Å². The Labute approximate surface area is 157 Å². The molecule has 1 aliphatic heterocycles. The fourth-order valence-electron chi connectivity index (χ4n) is 2.31. The molecule has 0 amide bonds. The van der Waals surface area contributed by atoms with Crippen LogP contribution in [0.25, 0.3) is 0 Å². The highest BCUT2D eigenvalue weighted by atomic mass is 35.5. The number of aliphatic hydroxyl groups is 1. The highest BCUT2D eigenvalue weighted by molar-refractivity contribution is 6.63. The van der Waals surface area contributed by atoms with E-state index in [1.54, 1.807) is 13.8 Å². The summed E-state index contributed by atoms with van der Waals surface area (Å²) < 4.78 is 18.1. The predicted octanol–water partition coefficient (Wildman–Crippen LogP) is 2.18. The molecule has 0 aromatic heterocycles. The Morgan fingerprint density at radius 2 is 1.56 bits per heavy atom. The van der Waals surface area contributed by atoms with E-state index in [0.29, 0.717) is 12.5 Å². The first-order chi connectivity index (χ1) is 11.1. The third kappa shape index (κ3) is 4.42. The van der Waals surface area contributed by atoms with Crippen molar-refractivity contribution in [1.82, 2.24) is 0 Å². The van der Waals surface area contributed by atoms with Crippen LogP contribution >= 0.6 is 11.6 Å². The normalized spacial score (nSPS) is 20.0. The molecular formula is C18H29B2ClO4. The lowest BCUT2D eigenvalue weighted by Gasteiger charge is -2.37. The Hall–Kier alpha value is -0.520. The van der Waals surface area contributed by atoms with Gasteiger partial charge in [-0.15, -0.1) is 0 Å². The fourth-order valence-corrected chi connectivity index (χ4v) is 2.58. The average Bonchev–Trinajstić information content (AvgIpc) is 2.63. The first-order valence-corrected chi connectivity index (χ1v) is 9.04. The summed E-state index contributed by atoms with van der Waals surface area (Å²) in [7, 11) is -0.130. The van der Waals surface area contributed by atoms with Gasteiger partial charge < -0.3 is 19.1 Å². The summed E-state index contributed by atoms with van der Waals surface area (Å²) in [6, 6.07) is 5.69. The molecule has 4 nitrogen and oxygen atoms in total. The minimum Gasteiger partial charge on any atom is -0.427 e. The Balaban J connectivity index is 2.19. The third-order valence-electron chi connectivity index (χ3n) is 5.58. The number of benzene rings is 1. The van der Waals surface area contributed by atoms with Crippen molar-refractivity contribution in [1.29, 1.82) is 0 Å². The molecule has 1 fully saturated rings. The predicted molar refractivity (Wildman–Crippen MR) is 105 cm³/mol. The maximum absolute atomic E-state index is 10.2. The molecule has 1 heterocycles. The average molecular weight is 367 g/mol. The molecule has 25 heavy (non-hydrogen) atoms. The van der Waals surface area contributed by atoms with E-state index in [9.17, 15) is 5.11 Å². The van der Waals surface area contributed by atoms with E-state index < -0.39 is 29.5 Å². The second-order valence-corrected chi connectivity index (χ2v) is 9.28. The third-order valence-corrected chi connectivity index (χ3v) is 5.80. The molecular weight excluding hydrogens is 337 g/mol. The number of rotatable bonds is 5. The molecule has 1 saturated heterocycles. The van der Waals surface area contributed by atoms with Crippen LogP contribution in [0, 0.1) is 0 Å². The van der Waals surface area contributed by atoms with Gasteiger partial charge in [0, 0.05) is 5.02 Å². The minimum atomic E-state index is -0.958. The fraction of sp³-hybridized carbons (Fsp3) is 0.667. The van der Waals surface area contributed by atoms with Crippen LogP contribution < -0.4 is 10.9 Å². The van der Waals surface area contributed by atoms with Crippen molar-refractivity contribution in [3.63, 3.8) is 0 Å². The summed E-state index contributed by atoms with van der Waals surface area (Å²) >= 11 is 6.29. The Morgan fingerprint density at radius 1 is 1.04 bits per heavy atom. The molecule has 1 N–H and O–H groups in total. The van der Waals surface area contributed by atoms with Crippen LogP contribution in [0.2, 0.25) is 5.02 Å². The zero-order valence-corrected chi connectivity index (χ0v) is 17.3. The monoisotopic (exact) mass is 366 g/mol. The summed E-state index contributed by atoms with van der Waals surface area (Å²) in [5.74, 6) is 0. The second-order valence-electron chi connectivity index (χ2n) is 8.84. The van der Waals surface area contributed by atoms with Crippen LogP contribution in [0.5, 0.6) is 0 Å². The molecule has 1 aromatic rings. The summed E-state index contributed by atoms with van der Waals surface area (Å²) in [6.07, 6.45) is 0. The molecule has 0 bridgehead atoms. The molecule has 0 radical (unpaired) electrons. The summed E-state index contributed by atoms with van der Waals surface area (Å²) in [5.41, 5.74) is -0.681. The molecule has 1 aliphatic rings. The quantitative estimate of drug-likeness (QED) is 0.812. The zero-order valence-electron chi connectivity index (χ0n) is 16.6. The molecule has 138 valence electrons. The first-order valence-electron chi connectivity index (χ1n) is 8.66. The Morgan fingerprint density at radius 3 is 2.04 bits per heavy atom. The zero-order chi connectivity index (χ0) is 19.3. The summed E-state index contributed by atoms with van der Waals surface area (Å²) in [5, 5.41) is 10.8. The van der Waals surface area contributed by atoms with E-state index in [-0.39, 0.29) is 0 Å². The Kier molecular flexibility index (Phi) is 5.47. The molecule has 7 heteroatoms. The number of hydrogen-bond acceptors (Lipinski definition) is 4. The molecule has 0 atom stereocenters. The van der Waals surface area contributed by atoms with Gasteiger partial charge in [0.15, 0.2) is 0 Å². The topological polar surface area (TPSA) is 47.9 Å². The van der Waals surface area contributed by atoms with Gasteiger partial charge in [0.25, 0.3) is 0 Å². The van der Waals surface area contributed by atoms with Crippen molar-refractivity contribution in [2.45, 2.75) is 77.8 Å². The smallest absolute Gasteiger partial charge is 0.427 e. The van der Waals surface area contributed by atoms with Crippen LogP contribution in [0.15, 0.2) is 18.2 Å². The van der Waals surface area contributed by atoms with E-state index in [1.165, 1.54) is 0 Å². The lowest BCUT2D eigenvalue weighted by Crippen LogP contribution is -2.49. The molecule has 2 rings (SSSR count). The largest absolute Gasteiger partial charge is 0.494 e. The SMILES string of the molecule is CC(C)(O)C(C)(C)OBc1cc(Cl)cc(B2OC(C)(C)C(C)(C)O2)c1. The highest BCUT2D eigenvalue weighted by Crippen LogP contribution is 2.36. The van der Waals surface area contributed by atoms with Gasteiger partial charge in [0.05, 0.1) is 22.4 Å². The van der Waals surface area contributed by atoms with Gasteiger partial charge in [-0.1, -0.05) is 23.1 Å². The van der Waals surface area contributed by atoms with E-state index >= 15 is 0 Å². The molecule has 0 spiro atoms. The maximum atomic E-state index is 10.2. The van der Waals surface area contributed by atoms with Gasteiger partial charge in [-0.05, 0) is 73.0 Å². The second kappa shape index (κ2) is 6.58. The van der Waals surface area contributed by atoms with Crippen LogP contribution in [0.1, 0.15) is 55.4 Å². The van der Waals surface area contributed by atoms with Gasteiger partial charge >= 0.3 is 14.6 Å². The van der Waals surface area contributed by atoms with Gasteiger partial charge in [-0.25, -0.2) is 0 Å². The van der Waals surface area contributed by atoms with Crippen molar-refractivity contribution >= 4 is 37.1 Å². The van der Waals surface area contributed by atoms with Crippen LogP contribution in [0.4, 0.5) is 0 Å². The van der Waals surface area contributed by atoms with Crippen molar-refractivity contribution in [3.8, 4) is 0 Å². The molecule has 0 saturated carbocycles. The Bertz CT molecular complexity index is 622. The number of halogens is 1. The van der Waals surface area contributed by atoms with E-state index in [0.717, 1.165) is 10.9 Å². The van der Waals surface area contributed by atoms with Gasteiger partial charge in [0.2, 0.25) is 0 Å². The summed E-state index contributed by atoms with van der Waals surface area (Å²) in [6.45, 7) is 15.3. The van der Waals surface area contributed by atoms with E-state index in [1.807, 2.05) is 59.7 Å². The molecule has 1 aromatic carbocycles. The van der Waals surface area contributed by atoms with Crippen molar-refractivity contribution in [2.75, 3.05) is 0 Å². The lowest BCUT2D eigenvalue weighted by molar-refractivity contribution is -0.0893.